The first-order chi connectivity index (χ1) is 9.16. The van der Waals surface area contributed by atoms with E-state index in [9.17, 15) is 13.9 Å². The molecule has 2 aromatic carbocycles. The molecule has 1 unspecified atom stereocenters. The molecule has 2 rings (SSSR count). The standard InChI is InChI=1S/C15H15F2NO/c16-13-6-3-5-11(8-13)15(19)10-18-9-12-4-1-2-7-14(12)17/h1-8,15,18-19H,9-10H2. The van der Waals surface area contributed by atoms with Crippen LogP contribution in [-0.4, -0.2) is 11.7 Å². The number of nitrogens with one attached hydrogen (secondary N) is 1. The molecule has 0 bridgehead atoms. The Balaban J connectivity index is 1.88. The molecule has 1 atom stereocenters. The van der Waals surface area contributed by atoms with Gasteiger partial charge in [0.2, 0.25) is 0 Å². The number of aliphatic hydroxyl groups excluding tert-OH is 1. The minimum Gasteiger partial charge on any atom is -0.387 e. The smallest absolute Gasteiger partial charge is 0.127 e. The molecule has 0 spiro atoms. The van der Waals surface area contributed by atoms with Crippen LogP contribution in [0, 0.1) is 11.6 Å². The molecule has 0 heterocycles. The van der Waals surface area contributed by atoms with E-state index in [0.717, 1.165) is 0 Å². The molecule has 2 nitrogen and oxygen atoms in total. The first-order valence-electron chi connectivity index (χ1n) is 6.04. The fourth-order valence-electron chi connectivity index (χ4n) is 1.82. The lowest BCUT2D eigenvalue weighted by atomic mass is 10.1. The van der Waals surface area contributed by atoms with Crippen molar-refractivity contribution in [3.63, 3.8) is 0 Å². The summed E-state index contributed by atoms with van der Waals surface area (Å²) >= 11 is 0. The number of rotatable bonds is 5. The first kappa shape index (κ1) is 13.6. The molecule has 0 saturated carbocycles. The Morgan fingerprint density at radius 2 is 1.84 bits per heavy atom. The monoisotopic (exact) mass is 263 g/mol. The van der Waals surface area contributed by atoms with E-state index < -0.39 is 6.10 Å². The van der Waals surface area contributed by atoms with Gasteiger partial charge in [0.25, 0.3) is 0 Å². The highest BCUT2D eigenvalue weighted by atomic mass is 19.1. The van der Waals surface area contributed by atoms with Crippen molar-refractivity contribution in [3.05, 3.63) is 71.3 Å². The number of benzene rings is 2. The van der Waals surface area contributed by atoms with Gasteiger partial charge in [-0.05, 0) is 23.8 Å². The Morgan fingerprint density at radius 1 is 1.05 bits per heavy atom. The normalized spacial score (nSPS) is 12.4. The van der Waals surface area contributed by atoms with Crippen molar-refractivity contribution in [2.75, 3.05) is 6.54 Å². The minimum atomic E-state index is -0.817. The van der Waals surface area contributed by atoms with Gasteiger partial charge < -0.3 is 10.4 Å². The Labute approximate surface area is 110 Å². The van der Waals surface area contributed by atoms with Crippen molar-refractivity contribution in [1.29, 1.82) is 0 Å². The molecule has 0 aromatic heterocycles. The van der Waals surface area contributed by atoms with Crippen molar-refractivity contribution in [2.45, 2.75) is 12.6 Å². The van der Waals surface area contributed by atoms with Crippen LogP contribution >= 0.6 is 0 Å². The van der Waals surface area contributed by atoms with E-state index in [1.807, 2.05) is 0 Å². The molecule has 0 amide bonds. The molecule has 0 radical (unpaired) electrons. The molecule has 0 aliphatic carbocycles. The molecule has 19 heavy (non-hydrogen) atoms. The average molecular weight is 263 g/mol. The van der Waals surface area contributed by atoms with Gasteiger partial charge in [-0.15, -0.1) is 0 Å². The molecular formula is C15H15F2NO. The molecule has 4 heteroatoms. The third kappa shape index (κ3) is 3.84. The van der Waals surface area contributed by atoms with Crippen LogP contribution in [0.15, 0.2) is 48.5 Å². The van der Waals surface area contributed by atoms with Crippen LogP contribution in [0.1, 0.15) is 17.2 Å². The summed E-state index contributed by atoms with van der Waals surface area (Å²) in [6.07, 6.45) is -0.817. The molecule has 100 valence electrons. The fraction of sp³-hybridized carbons (Fsp3) is 0.200. The van der Waals surface area contributed by atoms with Gasteiger partial charge in [0, 0.05) is 18.7 Å². The zero-order valence-electron chi connectivity index (χ0n) is 10.3. The average Bonchev–Trinajstić information content (AvgIpc) is 2.41. The maximum atomic E-state index is 13.3. The van der Waals surface area contributed by atoms with Crippen LogP contribution in [0.25, 0.3) is 0 Å². The summed E-state index contributed by atoms with van der Waals surface area (Å²) in [6, 6.07) is 12.3. The van der Waals surface area contributed by atoms with Gasteiger partial charge >= 0.3 is 0 Å². The van der Waals surface area contributed by atoms with E-state index in [-0.39, 0.29) is 18.2 Å². The molecule has 0 aliphatic heterocycles. The zero-order valence-corrected chi connectivity index (χ0v) is 10.3. The van der Waals surface area contributed by atoms with E-state index >= 15 is 0 Å². The molecule has 2 aromatic rings. The van der Waals surface area contributed by atoms with Crippen LogP contribution in [0.4, 0.5) is 8.78 Å². The van der Waals surface area contributed by atoms with E-state index in [1.54, 1.807) is 30.3 Å². The number of aliphatic hydroxyl groups is 1. The summed E-state index contributed by atoms with van der Waals surface area (Å²) in [5.41, 5.74) is 1.04. The predicted molar refractivity (Wildman–Crippen MR) is 69.5 cm³/mol. The van der Waals surface area contributed by atoms with Crippen LogP contribution < -0.4 is 5.32 Å². The van der Waals surface area contributed by atoms with Gasteiger partial charge in [0.15, 0.2) is 0 Å². The predicted octanol–water partition coefficient (Wildman–Crippen LogP) is 2.79. The van der Waals surface area contributed by atoms with Crippen molar-refractivity contribution in [1.82, 2.24) is 5.32 Å². The highest BCUT2D eigenvalue weighted by Gasteiger charge is 2.08. The lowest BCUT2D eigenvalue weighted by Gasteiger charge is -2.12. The molecule has 0 saturated heterocycles. The van der Waals surface area contributed by atoms with Crippen molar-refractivity contribution < 1.29 is 13.9 Å². The maximum absolute atomic E-state index is 13.3. The van der Waals surface area contributed by atoms with E-state index in [1.165, 1.54) is 18.2 Å². The molecule has 2 N–H and O–H groups in total. The van der Waals surface area contributed by atoms with Crippen molar-refractivity contribution in [3.8, 4) is 0 Å². The lowest BCUT2D eigenvalue weighted by Crippen LogP contribution is -2.21. The van der Waals surface area contributed by atoms with Gasteiger partial charge in [-0.1, -0.05) is 30.3 Å². The topological polar surface area (TPSA) is 32.3 Å². The van der Waals surface area contributed by atoms with Crippen LogP contribution in [0.3, 0.4) is 0 Å². The highest BCUT2D eigenvalue weighted by molar-refractivity contribution is 5.19. The summed E-state index contributed by atoms with van der Waals surface area (Å²) < 4.78 is 26.3. The largest absolute Gasteiger partial charge is 0.387 e. The van der Waals surface area contributed by atoms with Crippen LogP contribution in [0.5, 0.6) is 0 Å². The quantitative estimate of drug-likeness (QED) is 0.869. The Bertz CT molecular complexity index is 545. The third-order valence-electron chi connectivity index (χ3n) is 2.84. The van der Waals surface area contributed by atoms with Gasteiger partial charge in [-0.3, -0.25) is 0 Å². The van der Waals surface area contributed by atoms with E-state index in [0.29, 0.717) is 17.7 Å². The molecule has 0 fully saturated rings. The van der Waals surface area contributed by atoms with Crippen molar-refractivity contribution >= 4 is 0 Å². The van der Waals surface area contributed by atoms with Crippen molar-refractivity contribution in [2.24, 2.45) is 0 Å². The lowest BCUT2D eigenvalue weighted by molar-refractivity contribution is 0.174. The van der Waals surface area contributed by atoms with Gasteiger partial charge in [-0.2, -0.15) is 0 Å². The minimum absolute atomic E-state index is 0.234. The molecule has 0 aliphatic rings. The number of hydrogen-bond donors (Lipinski definition) is 2. The summed E-state index contributed by atoms with van der Waals surface area (Å²) in [5.74, 6) is -0.666. The Hall–Kier alpha value is -1.78. The summed E-state index contributed by atoms with van der Waals surface area (Å²) in [4.78, 5) is 0. The number of hydrogen-bond acceptors (Lipinski definition) is 2. The Kier molecular flexibility index (Phi) is 4.60. The third-order valence-corrected chi connectivity index (χ3v) is 2.84. The maximum Gasteiger partial charge on any atom is 0.127 e. The highest BCUT2D eigenvalue weighted by Crippen LogP contribution is 2.13. The second kappa shape index (κ2) is 6.41. The summed E-state index contributed by atoms with van der Waals surface area (Å²) in [7, 11) is 0. The van der Waals surface area contributed by atoms with Gasteiger partial charge in [0.05, 0.1) is 6.10 Å². The fourth-order valence-corrected chi connectivity index (χ4v) is 1.82. The van der Waals surface area contributed by atoms with Gasteiger partial charge in [-0.25, -0.2) is 8.78 Å². The zero-order chi connectivity index (χ0) is 13.7. The number of halogens is 2. The summed E-state index contributed by atoms with van der Waals surface area (Å²) in [6.45, 7) is 0.552. The van der Waals surface area contributed by atoms with E-state index in [2.05, 4.69) is 5.32 Å². The van der Waals surface area contributed by atoms with Crippen LogP contribution in [-0.2, 0) is 6.54 Å². The second-order valence-electron chi connectivity index (χ2n) is 4.29. The van der Waals surface area contributed by atoms with Gasteiger partial charge in [0.1, 0.15) is 11.6 Å². The first-order valence-corrected chi connectivity index (χ1v) is 6.04. The Morgan fingerprint density at radius 3 is 2.58 bits per heavy atom. The summed E-state index contributed by atoms with van der Waals surface area (Å²) in [5, 5.41) is 12.8. The SMILES string of the molecule is OC(CNCc1ccccc1F)c1cccc(F)c1. The van der Waals surface area contributed by atoms with E-state index in [4.69, 9.17) is 0 Å². The molecular weight excluding hydrogens is 248 g/mol. The second-order valence-corrected chi connectivity index (χ2v) is 4.29. The van der Waals surface area contributed by atoms with Crippen LogP contribution in [0.2, 0.25) is 0 Å².